The summed E-state index contributed by atoms with van der Waals surface area (Å²) in [5, 5.41) is 14.9. The van der Waals surface area contributed by atoms with Crippen molar-refractivity contribution in [3.63, 3.8) is 0 Å². The Labute approximate surface area is 199 Å². The molecule has 0 radical (unpaired) electrons. The molecular weight excluding hydrogens is 450 g/mol. The van der Waals surface area contributed by atoms with Gasteiger partial charge in [0.25, 0.3) is 11.6 Å². The van der Waals surface area contributed by atoms with Crippen LogP contribution in [0.1, 0.15) is 10.4 Å². The number of nitro benzene ring substituents is 1. The van der Waals surface area contributed by atoms with Gasteiger partial charge in [0, 0.05) is 36.3 Å². The minimum atomic E-state index is -0.524. The van der Waals surface area contributed by atoms with Crippen LogP contribution in [0.2, 0.25) is 0 Å². The molecule has 1 aliphatic rings. The molecule has 0 atom stereocenters. The second kappa shape index (κ2) is 9.40. The first-order valence-electron chi connectivity index (χ1n) is 11.1. The van der Waals surface area contributed by atoms with E-state index >= 15 is 0 Å². The Morgan fingerprint density at radius 3 is 2.46 bits per heavy atom. The van der Waals surface area contributed by atoms with Gasteiger partial charge in [-0.1, -0.05) is 30.3 Å². The molecule has 1 fully saturated rings. The number of non-ortho nitro benzene ring substituents is 1. The number of hydrogen-bond donors (Lipinski definition) is 1. The normalized spacial score (nSPS) is 13.5. The van der Waals surface area contributed by atoms with E-state index in [1.807, 2.05) is 17.0 Å². The SMILES string of the molecule is O=C(Nc1ccc(-c2cc3ccccc3oc2=O)cc1)c1cc([N+](=O)[O-])ccc1N1CCOCC1. The lowest BCUT2D eigenvalue weighted by Crippen LogP contribution is -2.37. The van der Waals surface area contributed by atoms with Gasteiger partial charge in [0.2, 0.25) is 0 Å². The van der Waals surface area contributed by atoms with Gasteiger partial charge in [-0.05, 0) is 35.9 Å². The van der Waals surface area contributed by atoms with Crippen molar-refractivity contribution in [1.82, 2.24) is 0 Å². The first-order valence-corrected chi connectivity index (χ1v) is 11.1. The van der Waals surface area contributed by atoms with E-state index in [0.717, 1.165) is 5.39 Å². The molecule has 1 aromatic heterocycles. The van der Waals surface area contributed by atoms with Crippen LogP contribution >= 0.6 is 0 Å². The molecule has 0 aliphatic carbocycles. The molecule has 0 spiro atoms. The molecule has 1 saturated heterocycles. The quantitative estimate of drug-likeness (QED) is 0.260. The van der Waals surface area contributed by atoms with E-state index in [2.05, 4.69) is 5.32 Å². The van der Waals surface area contributed by atoms with Crippen LogP contribution in [0.5, 0.6) is 0 Å². The summed E-state index contributed by atoms with van der Waals surface area (Å²) < 4.78 is 10.8. The molecule has 9 nitrogen and oxygen atoms in total. The van der Waals surface area contributed by atoms with Gasteiger partial charge in [-0.3, -0.25) is 14.9 Å². The smallest absolute Gasteiger partial charge is 0.344 e. The highest BCUT2D eigenvalue weighted by Gasteiger charge is 2.22. The summed E-state index contributed by atoms with van der Waals surface area (Å²) in [6.45, 7) is 2.20. The summed E-state index contributed by atoms with van der Waals surface area (Å²) in [5.74, 6) is -0.465. The van der Waals surface area contributed by atoms with E-state index in [4.69, 9.17) is 9.15 Å². The Balaban J connectivity index is 1.42. The van der Waals surface area contributed by atoms with E-state index < -0.39 is 16.5 Å². The number of anilines is 2. The fraction of sp³-hybridized carbons (Fsp3) is 0.154. The van der Waals surface area contributed by atoms with Crippen molar-refractivity contribution in [2.24, 2.45) is 0 Å². The molecule has 4 aromatic rings. The number of para-hydroxylation sites is 1. The van der Waals surface area contributed by atoms with E-state index in [0.29, 0.717) is 54.4 Å². The molecule has 5 rings (SSSR count). The van der Waals surface area contributed by atoms with E-state index in [9.17, 15) is 19.7 Å². The zero-order chi connectivity index (χ0) is 24.4. The Bertz CT molecular complexity index is 1470. The summed E-state index contributed by atoms with van der Waals surface area (Å²) in [5.41, 5.74) is 2.27. The van der Waals surface area contributed by atoms with Crippen LogP contribution in [0.3, 0.4) is 0 Å². The second-order valence-electron chi connectivity index (χ2n) is 8.07. The van der Waals surface area contributed by atoms with Crippen molar-refractivity contribution >= 4 is 33.9 Å². The van der Waals surface area contributed by atoms with Crippen LogP contribution in [-0.2, 0) is 4.74 Å². The lowest BCUT2D eigenvalue weighted by Gasteiger charge is -2.30. The van der Waals surface area contributed by atoms with Gasteiger partial charge < -0.3 is 19.4 Å². The average Bonchev–Trinajstić information content (AvgIpc) is 2.89. The molecule has 1 aliphatic heterocycles. The molecule has 176 valence electrons. The standard InChI is InChI=1S/C26H21N3O6/c30-25(22-16-20(29(32)33)9-10-23(22)28-11-13-34-14-12-28)27-19-7-5-17(6-8-19)21-15-18-3-1-2-4-24(18)35-26(21)31/h1-10,15-16H,11-14H2,(H,27,30). The fourth-order valence-electron chi connectivity index (χ4n) is 4.09. The predicted octanol–water partition coefficient (Wildman–Crippen LogP) is 4.46. The topological polar surface area (TPSA) is 115 Å². The van der Waals surface area contributed by atoms with Gasteiger partial charge >= 0.3 is 5.63 Å². The van der Waals surface area contributed by atoms with Gasteiger partial charge in [0.1, 0.15) is 5.58 Å². The number of carbonyl (C=O) groups excluding carboxylic acids is 1. The molecule has 0 saturated carbocycles. The van der Waals surface area contributed by atoms with Gasteiger partial charge in [0.05, 0.1) is 35.0 Å². The third kappa shape index (κ3) is 4.62. The highest BCUT2D eigenvalue weighted by molar-refractivity contribution is 6.08. The molecule has 1 amide bonds. The first kappa shape index (κ1) is 22.3. The van der Waals surface area contributed by atoms with Crippen LogP contribution in [0, 0.1) is 10.1 Å². The Morgan fingerprint density at radius 1 is 0.971 bits per heavy atom. The number of rotatable bonds is 5. The van der Waals surface area contributed by atoms with Crippen molar-refractivity contribution in [3.8, 4) is 11.1 Å². The van der Waals surface area contributed by atoms with Crippen molar-refractivity contribution in [2.45, 2.75) is 0 Å². The minimum absolute atomic E-state index is 0.162. The second-order valence-corrected chi connectivity index (χ2v) is 8.07. The predicted molar refractivity (Wildman–Crippen MR) is 132 cm³/mol. The largest absolute Gasteiger partial charge is 0.422 e. The van der Waals surface area contributed by atoms with Gasteiger partial charge in [-0.25, -0.2) is 4.79 Å². The van der Waals surface area contributed by atoms with Crippen LogP contribution in [0.15, 0.2) is 82.0 Å². The summed E-state index contributed by atoms with van der Waals surface area (Å²) in [6.07, 6.45) is 0. The van der Waals surface area contributed by atoms with Gasteiger partial charge in [0.15, 0.2) is 0 Å². The Morgan fingerprint density at radius 2 is 1.71 bits per heavy atom. The summed E-state index contributed by atoms with van der Waals surface area (Å²) in [7, 11) is 0. The number of hydrogen-bond acceptors (Lipinski definition) is 7. The molecule has 9 heteroatoms. The summed E-state index contributed by atoms with van der Waals surface area (Å²) in [6, 6.07) is 20.1. The fourth-order valence-corrected chi connectivity index (χ4v) is 4.09. The molecule has 0 unspecified atom stereocenters. The number of nitro groups is 1. The minimum Gasteiger partial charge on any atom is -0.422 e. The highest BCUT2D eigenvalue weighted by atomic mass is 16.6. The zero-order valence-electron chi connectivity index (χ0n) is 18.6. The molecule has 2 heterocycles. The number of fused-ring (bicyclic) bond motifs is 1. The van der Waals surface area contributed by atoms with Crippen LogP contribution < -0.4 is 15.8 Å². The molecule has 3 aromatic carbocycles. The lowest BCUT2D eigenvalue weighted by molar-refractivity contribution is -0.384. The Hall–Kier alpha value is -4.50. The van der Waals surface area contributed by atoms with Crippen molar-refractivity contribution in [2.75, 3.05) is 36.5 Å². The van der Waals surface area contributed by atoms with Crippen LogP contribution in [-0.4, -0.2) is 37.1 Å². The van der Waals surface area contributed by atoms with Gasteiger partial charge in [-0.2, -0.15) is 0 Å². The highest BCUT2D eigenvalue weighted by Crippen LogP contribution is 2.28. The van der Waals surface area contributed by atoms with Crippen molar-refractivity contribution < 1.29 is 18.9 Å². The van der Waals surface area contributed by atoms with Crippen LogP contribution in [0.25, 0.3) is 22.1 Å². The Kier molecular flexibility index (Phi) is 5.99. The van der Waals surface area contributed by atoms with Gasteiger partial charge in [-0.15, -0.1) is 0 Å². The zero-order valence-corrected chi connectivity index (χ0v) is 18.6. The number of morpholine rings is 1. The van der Waals surface area contributed by atoms with E-state index in [-0.39, 0.29) is 11.3 Å². The van der Waals surface area contributed by atoms with Crippen molar-refractivity contribution in [3.05, 3.63) is 98.9 Å². The molecule has 1 N–H and O–H groups in total. The molecule has 0 bridgehead atoms. The summed E-state index contributed by atoms with van der Waals surface area (Å²) >= 11 is 0. The number of nitrogens with zero attached hydrogens (tertiary/aromatic N) is 2. The maximum Gasteiger partial charge on any atom is 0.344 e. The van der Waals surface area contributed by atoms with E-state index in [1.54, 1.807) is 48.5 Å². The number of nitrogens with one attached hydrogen (secondary N) is 1. The molecule has 35 heavy (non-hydrogen) atoms. The number of ether oxygens (including phenoxy) is 1. The third-order valence-electron chi connectivity index (χ3n) is 5.88. The van der Waals surface area contributed by atoms with Crippen molar-refractivity contribution in [1.29, 1.82) is 0 Å². The number of carbonyl (C=O) groups is 1. The number of amides is 1. The monoisotopic (exact) mass is 471 g/mol. The lowest BCUT2D eigenvalue weighted by atomic mass is 10.1. The molecular formula is C26H21N3O6. The van der Waals surface area contributed by atoms with E-state index in [1.165, 1.54) is 12.1 Å². The summed E-state index contributed by atoms with van der Waals surface area (Å²) in [4.78, 5) is 38.4. The first-order chi connectivity index (χ1) is 17.0. The third-order valence-corrected chi connectivity index (χ3v) is 5.88. The van der Waals surface area contributed by atoms with Crippen LogP contribution in [0.4, 0.5) is 17.1 Å². The average molecular weight is 471 g/mol. The maximum absolute atomic E-state index is 13.2. The number of benzene rings is 3. The maximum atomic E-state index is 13.2.